The van der Waals surface area contributed by atoms with Crippen molar-refractivity contribution in [1.82, 2.24) is 4.90 Å². The lowest BCUT2D eigenvalue weighted by molar-refractivity contribution is -0.117. The Balaban J connectivity index is 1.67. The highest BCUT2D eigenvalue weighted by molar-refractivity contribution is 7.99. The molecule has 1 heterocycles. The van der Waals surface area contributed by atoms with Gasteiger partial charge in [-0.05, 0) is 31.0 Å². The van der Waals surface area contributed by atoms with Crippen LogP contribution in [0.1, 0.15) is 18.4 Å². The Labute approximate surface area is 176 Å². The molecule has 3 rings (SSSR count). The number of phenolic OH excluding ortho intramolecular Hbond substituents is 1. The second kappa shape index (κ2) is 11.0. The molecule has 0 radical (unpaired) electrons. The van der Waals surface area contributed by atoms with Gasteiger partial charge in [0.05, 0.1) is 18.3 Å². The maximum Gasteiger partial charge on any atom is 0.238 e. The number of hydrogen-bond acceptors (Lipinski definition) is 5. The minimum Gasteiger partial charge on any atom is -0.508 e. The predicted molar refractivity (Wildman–Crippen MR) is 118 cm³/mol. The van der Waals surface area contributed by atoms with E-state index in [2.05, 4.69) is 11.9 Å². The van der Waals surface area contributed by atoms with Crippen molar-refractivity contribution in [1.29, 1.82) is 0 Å². The number of ether oxygens (including phenoxy) is 1. The zero-order chi connectivity index (χ0) is 20.5. The topological polar surface area (TPSA) is 61.8 Å². The summed E-state index contributed by atoms with van der Waals surface area (Å²) in [5.41, 5.74) is 1.62. The molecule has 6 heteroatoms. The minimum atomic E-state index is -0.0786. The normalized spacial score (nSPS) is 16.1. The summed E-state index contributed by atoms with van der Waals surface area (Å²) in [7, 11) is 0. The van der Waals surface area contributed by atoms with Crippen LogP contribution in [0, 0.1) is 0 Å². The Hall–Kier alpha value is -2.28. The summed E-state index contributed by atoms with van der Waals surface area (Å²) in [5.74, 6) is 0.951. The molecule has 2 N–H and O–H groups in total. The van der Waals surface area contributed by atoms with Crippen molar-refractivity contribution in [3.8, 4) is 5.75 Å². The van der Waals surface area contributed by atoms with Crippen LogP contribution < -0.4 is 5.32 Å². The lowest BCUT2D eigenvalue weighted by Gasteiger charge is -2.25. The van der Waals surface area contributed by atoms with Crippen molar-refractivity contribution in [2.24, 2.45) is 0 Å². The molecule has 0 aromatic heterocycles. The lowest BCUT2D eigenvalue weighted by Crippen LogP contribution is -2.38. The van der Waals surface area contributed by atoms with Crippen molar-refractivity contribution >= 4 is 23.4 Å². The first kappa shape index (κ1) is 21.4. The Morgan fingerprint density at radius 3 is 2.83 bits per heavy atom. The number of hydrogen-bond donors (Lipinski definition) is 2. The number of carbonyl (C=O) groups excluding carboxylic acids is 1. The number of nitrogens with one attached hydrogen (secondary N) is 1. The lowest BCUT2D eigenvalue weighted by atomic mass is 10.1. The Morgan fingerprint density at radius 2 is 2.07 bits per heavy atom. The smallest absolute Gasteiger partial charge is 0.238 e. The number of carbonyl (C=O) groups is 1. The number of thioether (sulfide) groups is 1. The van der Waals surface area contributed by atoms with Gasteiger partial charge >= 0.3 is 0 Å². The van der Waals surface area contributed by atoms with Crippen LogP contribution in [0.2, 0.25) is 0 Å². The predicted octanol–water partition coefficient (Wildman–Crippen LogP) is 4.29. The fourth-order valence-corrected chi connectivity index (χ4v) is 4.13. The van der Waals surface area contributed by atoms with Gasteiger partial charge in [-0.2, -0.15) is 0 Å². The summed E-state index contributed by atoms with van der Waals surface area (Å²) in [4.78, 5) is 15.9. The van der Waals surface area contributed by atoms with Gasteiger partial charge in [0.25, 0.3) is 0 Å². The van der Waals surface area contributed by atoms with Gasteiger partial charge in [-0.3, -0.25) is 9.69 Å². The first-order valence-electron chi connectivity index (χ1n) is 9.89. The number of para-hydroxylation sites is 2. The largest absolute Gasteiger partial charge is 0.508 e. The van der Waals surface area contributed by atoms with Crippen LogP contribution in [-0.2, 0) is 16.1 Å². The van der Waals surface area contributed by atoms with Gasteiger partial charge in [0, 0.05) is 35.9 Å². The van der Waals surface area contributed by atoms with Gasteiger partial charge in [-0.15, -0.1) is 18.3 Å². The number of anilines is 1. The van der Waals surface area contributed by atoms with Crippen LogP contribution in [-0.4, -0.2) is 47.5 Å². The Morgan fingerprint density at radius 1 is 1.28 bits per heavy atom. The van der Waals surface area contributed by atoms with Crippen LogP contribution in [0.25, 0.3) is 0 Å². The van der Waals surface area contributed by atoms with E-state index >= 15 is 0 Å². The third-order valence-electron chi connectivity index (χ3n) is 4.76. The molecule has 29 heavy (non-hydrogen) atoms. The number of nitrogens with zero attached hydrogens (tertiary/aromatic N) is 1. The summed E-state index contributed by atoms with van der Waals surface area (Å²) in [6.45, 7) is 5.91. The van der Waals surface area contributed by atoms with Crippen molar-refractivity contribution in [2.75, 3.05) is 30.8 Å². The van der Waals surface area contributed by atoms with E-state index in [1.165, 1.54) is 0 Å². The van der Waals surface area contributed by atoms with Crippen molar-refractivity contribution in [2.45, 2.75) is 30.4 Å². The number of benzene rings is 2. The minimum absolute atomic E-state index is 0.0786. The van der Waals surface area contributed by atoms with E-state index in [1.807, 2.05) is 47.4 Å². The van der Waals surface area contributed by atoms with Crippen molar-refractivity contribution in [3.05, 3.63) is 66.7 Å². The van der Waals surface area contributed by atoms with Crippen LogP contribution in [0.5, 0.6) is 5.75 Å². The van der Waals surface area contributed by atoms with E-state index in [4.69, 9.17) is 4.74 Å². The number of amides is 1. The summed E-state index contributed by atoms with van der Waals surface area (Å²) in [6, 6.07) is 15.0. The Bertz CT molecular complexity index is 821. The fourth-order valence-electron chi connectivity index (χ4n) is 3.38. The average Bonchev–Trinajstić information content (AvgIpc) is 3.22. The number of aromatic hydroxyl groups is 1. The van der Waals surface area contributed by atoms with E-state index in [0.29, 0.717) is 13.1 Å². The van der Waals surface area contributed by atoms with Gasteiger partial charge in [0.1, 0.15) is 5.75 Å². The highest BCUT2D eigenvalue weighted by Gasteiger charge is 2.22. The fraction of sp³-hybridized carbons (Fsp3) is 0.348. The zero-order valence-corrected chi connectivity index (χ0v) is 17.4. The zero-order valence-electron chi connectivity index (χ0n) is 16.5. The van der Waals surface area contributed by atoms with Gasteiger partial charge in [-0.25, -0.2) is 0 Å². The molecule has 0 saturated carbocycles. The van der Waals surface area contributed by atoms with Gasteiger partial charge in [-0.1, -0.05) is 36.4 Å². The second-order valence-electron chi connectivity index (χ2n) is 7.08. The van der Waals surface area contributed by atoms with Gasteiger partial charge < -0.3 is 15.2 Å². The highest BCUT2D eigenvalue weighted by atomic mass is 32.2. The molecule has 1 unspecified atom stereocenters. The summed E-state index contributed by atoms with van der Waals surface area (Å²) in [6.07, 6.45) is 4.03. The molecule has 0 spiro atoms. The summed E-state index contributed by atoms with van der Waals surface area (Å²) < 4.78 is 5.77. The third-order valence-corrected chi connectivity index (χ3v) is 5.83. The van der Waals surface area contributed by atoms with E-state index < -0.39 is 0 Å². The molecule has 5 nitrogen and oxygen atoms in total. The van der Waals surface area contributed by atoms with Crippen LogP contribution in [0.4, 0.5) is 5.69 Å². The molecular weight excluding hydrogens is 384 g/mol. The molecule has 1 aliphatic rings. The molecule has 154 valence electrons. The second-order valence-corrected chi connectivity index (χ2v) is 8.14. The molecular formula is C23H28N2O3S. The molecule has 1 saturated heterocycles. The van der Waals surface area contributed by atoms with Crippen molar-refractivity contribution < 1.29 is 14.6 Å². The van der Waals surface area contributed by atoms with Gasteiger partial charge in [0.15, 0.2) is 0 Å². The molecule has 1 atom stereocenters. The summed E-state index contributed by atoms with van der Waals surface area (Å²) in [5, 5.41) is 13.2. The molecule has 1 aliphatic heterocycles. The molecule has 1 fully saturated rings. The molecule has 2 aromatic rings. The number of phenols is 1. The van der Waals surface area contributed by atoms with E-state index in [9.17, 15) is 9.90 Å². The molecule has 0 bridgehead atoms. The third kappa shape index (κ3) is 6.63. The van der Waals surface area contributed by atoms with Crippen LogP contribution in [0.3, 0.4) is 0 Å². The first-order valence-corrected chi connectivity index (χ1v) is 10.9. The maximum atomic E-state index is 12.8. The standard InChI is InChI=1S/C23H28N2O3S/c1-2-14-29-22-12-6-4-10-20(22)24-23(27)17-25(16-19-9-7-13-28-19)15-18-8-3-5-11-21(18)26/h2-6,8,10-12,19,26H,1,7,9,13-17H2,(H,24,27). The molecule has 0 aliphatic carbocycles. The van der Waals surface area contributed by atoms with E-state index in [1.54, 1.807) is 23.9 Å². The Kier molecular flexibility index (Phi) is 8.16. The maximum absolute atomic E-state index is 12.8. The van der Waals surface area contributed by atoms with E-state index in [-0.39, 0.29) is 24.3 Å². The molecule has 1 amide bonds. The average molecular weight is 413 g/mol. The van der Waals surface area contributed by atoms with E-state index in [0.717, 1.165) is 41.3 Å². The van der Waals surface area contributed by atoms with Gasteiger partial charge in [0.2, 0.25) is 5.91 Å². The first-order chi connectivity index (χ1) is 14.2. The van der Waals surface area contributed by atoms with Crippen molar-refractivity contribution in [3.63, 3.8) is 0 Å². The monoisotopic (exact) mass is 412 g/mol. The quantitative estimate of drug-likeness (QED) is 0.450. The summed E-state index contributed by atoms with van der Waals surface area (Å²) >= 11 is 1.64. The highest BCUT2D eigenvalue weighted by Crippen LogP contribution is 2.27. The SMILES string of the molecule is C=CCSc1ccccc1NC(=O)CN(Cc1ccccc1O)CC1CCCO1. The molecule has 2 aromatic carbocycles. The van der Waals surface area contributed by atoms with Crippen LogP contribution in [0.15, 0.2) is 66.1 Å². The van der Waals surface area contributed by atoms with Crippen LogP contribution >= 0.6 is 11.8 Å². The number of rotatable bonds is 10.